The Hall–Kier alpha value is -1.10. The maximum atomic E-state index is 13.2. The summed E-state index contributed by atoms with van der Waals surface area (Å²) in [6.45, 7) is 2.56. The zero-order valence-corrected chi connectivity index (χ0v) is 13.3. The van der Waals surface area contributed by atoms with E-state index in [1.165, 1.54) is 37.8 Å². The van der Waals surface area contributed by atoms with E-state index in [4.69, 9.17) is 10.5 Å². The van der Waals surface area contributed by atoms with Crippen molar-refractivity contribution in [2.24, 2.45) is 0 Å². The highest BCUT2D eigenvalue weighted by Gasteiger charge is 2.14. The van der Waals surface area contributed by atoms with E-state index in [1.807, 2.05) is 0 Å². The summed E-state index contributed by atoms with van der Waals surface area (Å²) in [6.07, 6.45) is 6.77. The lowest BCUT2D eigenvalue weighted by Gasteiger charge is -2.08. The van der Waals surface area contributed by atoms with Gasteiger partial charge in [-0.3, -0.25) is 0 Å². The highest BCUT2D eigenvalue weighted by atomic mass is 79.9. The van der Waals surface area contributed by atoms with Crippen molar-refractivity contribution >= 4 is 27.6 Å². The number of halogens is 2. The number of benzene rings is 1. The van der Waals surface area contributed by atoms with Crippen molar-refractivity contribution in [3.8, 4) is 0 Å². The van der Waals surface area contributed by atoms with E-state index in [0.29, 0.717) is 11.1 Å². The summed E-state index contributed by atoms with van der Waals surface area (Å²) in [7, 11) is 0. The molecule has 0 fully saturated rings. The number of nitrogen functional groups attached to an aromatic ring is 1. The van der Waals surface area contributed by atoms with Crippen molar-refractivity contribution in [1.29, 1.82) is 0 Å². The van der Waals surface area contributed by atoms with E-state index in [-0.39, 0.29) is 11.3 Å². The number of carbonyl (C=O) groups excluding carboxylic acids is 1. The van der Waals surface area contributed by atoms with Gasteiger partial charge in [0, 0.05) is 4.47 Å². The number of unbranched alkanes of at least 4 members (excludes halogenated alkanes) is 5. The largest absolute Gasteiger partial charge is 0.462 e. The van der Waals surface area contributed by atoms with Gasteiger partial charge in [-0.05, 0) is 34.5 Å². The van der Waals surface area contributed by atoms with E-state index in [1.54, 1.807) is 0 Å². The van der Waals surface area contributed by atoms with Crippen LogP contribution in [0.1, 0.15) is 55.8 Å². The van der Waals surface area contributed by atoms with Gasteiger partial charge in [-0.2, -0.15) is 0 Å². The van der Waals surface area contributed by atoms with Gasteiger partial charge in [-0.15, -0.1) is 0 Å². The van der Waals surface area contributed by atoms with Gasteiger partial charge in [0.05, 0.1) is 17.9 Å². The molecule has 2 N–H and O–H groups in total. The Morgan fingerprint density at radius 1 is 1.25 bits per heavy atom. The highest BCUT2D eigenvalue weighted by molar-refractivity contribution is 9.10. The summed E-state index contributed by atoms with van der Waals surface area (Å²) in [5, 5.41) is 0. The van der Waals surface area contributed by atoms with Gasteiger partial charge >= 0.3 is 5.97 Å². The van der Waals surface area contributed by atoms with E-state index < -0.39 is 11.8 Å². The number of ether oxygens (including phenoxy) is 1. The van der Waals surface area contributed by atoms with Crippen LogP contribution in [0, 0.1) is 5.82 Å². The molecule has 20 heavy (non-hydrogen) atoms. The van der Waals surface area contributed by atoms with Crippen LogP contribution in [0.5, 0.6) is 0 Å². The van der Waals surface area contributed by atoms with Crippen LogP contribution in [-0.2, 0) is 4.74 Å². The molecule has 0 unspecified atom stereocenters. The fourth-order valence-electron chi connectivity index (χ4n) is 1.85. The van der Waals surface area contributed by atoms with Crippen LogP contribution in [0.15, 0.2) is 16.6 Å². The highest BCUT2D eigenvalue weighted by Crippen LogP contribution is 2.23. The molecule has 0 aliphatic carbocycles. The number of esters is 1. The minimum Gasteiger partial charge on any atom is -0.462 e. The molecule has 0 aliphatic heterocycles. The first kappa shape index (κ1) is 17.0. The van der Waals surface area contributed by atoms with Gasteiger partial charge in [0.2, 0.25) is 0 Å². The number of hydrogen-bond donors (Lipinski definition) is 1. The number of carbonyl (C=O) groups is 1. The third-order valence-electron chi connectivity index (χ3n) is 3.04. The molecule has 0 heterocycles. The average Bonchev–Trinajstić information content (AvgIpc) is 2.41. The van der Waals surface area contributed by atoms with Crippen LogP contribution >= 0.6 is 15.9 Å². The molecule has 0 aliphatic rings. The minimum atomic E-state index is -0.552. The quantitative estimate of drug-likeness (QED) is 0.422. The zero-order valence-electron chi connectivity index (χ0n) is 11.8. The Labute approximate surface area is 127 Å². The molecule has 0 aromatic heterocycles. The molecule has 0 amide bonds. The van der Waals surface area contributed by atoms with Crippen molar-refractivity contribution in [2.45, 2.75) is 45.4 Å². The molecule has 5 heteroatoms. The fraction of sp³-hybridized carbons (Fsp3) is 0.533. The third kappa shape index (κ3) is 5.49. The van der Waals surface area contributed by atoms with Crippen LogP contribution in [-0.4, -0.2) is 12.6 Å². The molecular weight excluding hydrogens is 325 g/mol. The third-order valence-corrected chi connectivity index (χ3v) is 3.69. The van der Waals surface area contributed by atoms with Crippen LogP contribution in [0.25, 0.3) is 0 Å². The van der Waals surface area contributed by atoms with Gasteiger partial charge in [0.25, 0.3) is 0 Å². The molecule has 0 saturated heterocycles. The molecular formula is C15H21BrFNO2. The second-order valence-electron chi connectivity index (χ2n) is 4.76. The van der Waals surface area contributed by atoms with Gasteiger partial charge in [-0.1, -0.05) is 39.0 Å². The van der Waals surface area contributed by atoms with Crippen molar-refractivity contribution in [3.05, 3.63) is 28.0 Å². The Bertz CT molecular complexity index is 452. The monoisotopic (exact) mass is 345 g/mol. The summed E-state index contributed by atoms with van der Waals surface area (Å²) >= 11 is 3.14. The summed E-state index contributed by atoms with van der Waals surface area (Å²) in [5.41, 5.74) is 5.65. The van der Waals surface area contributed by atoms with E-state index in [2.05, 4.69) is 22.9 Å². The number of hydrogen-bond acceptors (Lipinski definition) is 3. The number of anilines is 1. The van der Waals surface area contributed by atoms with E-state index in [0.717, 1.165) is 12.8 Å². The van der Waals surface area contributed by atoms with Gasteiger partial charge < -0.3 is 10.5 Å². The van der Waals surface area contributed by atoms with Gasteiger partial charge in [0.1, 0.15) is 5.82 Å². The Balaban J connectivity index is 2.34. The Kier molecular flexibility index (Phi) is 7.59. The lowest BCUT2D eigenvalue weighted by Crippen LogP contribution is -2.08. The van der Waals surface area contributed by atoms with E-state index >= 15 is 0 Å². The topological polar surface area (TPSA) is 52.3 Å². The lowest BCUT2D eigenvalue weighted by molar-refractivity contribution is 0.0496. The van der Waals surface area contributed by atoms with Crippen LogP contribution < -0.4 is 5.73 Å². The van der Waals surface area contributed by atoms with Crippen LogP contribution in [0.3, 0.4) is 0 Å². The maximum absolute atomic E-state index is 13.2. The molecule has 0 bridgehead atoms. The first-order valence-electron chi connectivity index (χ1n) is 6.98. The van der Waals surface area contributed by atoms with Crippen molar-refractivity contribution in [2.75, 3.05) is 12.3 Å². The first-order valence-corrected chi connectivity index (χ1v) is 7.77. The predicted molar refractivity (Wildman–Crippen MR) is 82.2 cm³/mol. The summed E-state index contributed by atoms with van der Waals surface area (Å²) in [4.78, 5) is 11.8. The first-order chi connectivity index (χ1) is 9.56. The standard InChI is InChI=1S/C15H21BrFNO2/c1-2-3-4-5-6-7-8-20-15(19)11-9-14(18)13(17)10-12(11)16/h9-10H,2-8,18H2,1H3. The summed E-state index contributed by atoms with van der Waals surface area (Å²) in [5.74, 6) is -1.03. The number of nitrogens with two attached hydrogens (primary N) is 1. The summed E-state index contributed by atoms with van der Waals surface area (Å²) in [6, 6.07) is 2.47. The average molecular weight is 346 g/mol. The van der Waals surface area contributed by atoms with Crippen LogP contribution in [0.4, 0.5) is 10.1 Å². The predicted octanol–water partition coefficient (Wildman–Crippen LogP) is 4.69. The lowest BCUT2D eigenvalue weighted by atomic mass is 10.1. The van der Waals surface area contributed by atoms with Gasteiger partial charge in [0.15, 0.2) is 0 Å². The van der Waals surface area contributed by atoms with E-state index in [9.17, 15) is 9.18 Å². The molecule has 0 spiro atoms. The molecule has 1 aromatic carbocycles. The molecule has 0 atom stereocenters. The molecule has 112 valence electrons. The molecule has 1 rings (SSSR count). The van der Waals surface area contributed by atoms with Crippen molar-refractivity contribution < 1.29 is 13.9 Å². The van der Waals surface area contributed by atoms with Crippen molar-refractivity contribution in [3.63, 3.8) is 0 Å². The Morgan fingerprint density at radius 2 is 1.90 bits per heavy atom. The molecule has 3 nitrogen and oxygen atoms in total. The minimum absolute atomic E-state index is 0.0558. The van der Waals surface area contributed by atoms with Gasteiger partial charge in [-0.25, -0.2) is 9.18 Å². The normalized spacial score (nSPS) is 10.6. The molecule has 0 radical (unpaired) electrons. The number of rotatable bonds is 8. The smallest absolute Gasteiger partial charge is 0.339 e. The summed E-state index contributed by atoms with van der Waals surface area (Å²) < 4.78 is 18.7. The maximum Gasteiger partial charge on any atom is 0.339 e. The van der Waals surface area contributed by atoms with Crippen molar-refractivity contribution in [1.82, 2.24) is 0 Å². The molecule has 0 saturated carbocycles. The zero-order chi connectivity index (χ0) is 15.0. The second kappa shape index (κ2) is 8.95. The fourth-order valence-corrected chi connectivity index (χ4v) is 2.32. The Morgan fingerprint density at radius 3 is 2.60 bits per heavy atom. The SMILES string of the molecule is CCCCCCCCOC(=O)c1cc(N)c(F)cc1Br. The molecule has 1 aromatic rings. The second-order valence-corrected chi connectivity index (χ2v) is 5.61. The van der Waals surface area contributed by atoms with Crippen LogP contribution in [0.2, 0.25) is 0 Å².